The van der Waals surface area contributed by atoms with E-state index in [0.29, 0.717) is 34.9 Å². The van der Waals surface area contributed by atoms with Gasteiger partial charge in [0, 0.05) is 41.3 Å². The van der Waals surface area contributed by atoms with Crippen LogP contribution in [0.2, 0.25) is 0 Å². The maximum Gasteiger partial charge on any atom is 1.00 e. The maximum absolute atomic E-state index is 10.4. The molecule has 0 aliphatic rings. The van der Waals surface area contributed by atoms with Gasteiger partial charge in [0.15, 0.2) is 0 Å². The number of nitrogen functional groups attached to an aromatic ring is 3. The number of anilines is 3. The van der Waals surface area contributed by atoms with Crippen molar-refractivity contribution in [2.75, 3.05) is 17.2 Å². The molecule has 0 aromatic heterocycles. The second-order valence-corrected chi connectivity index (χ2v) is 13.7. The minimum Gasteiger partial charge on any atom is -0.635 e. The number of phenolic OH excluding ortho intramolecular Hbond substituents is 2. The normalized spacial score (nSPS) is 9.34. The van der Waals surface area contributed by atoms with E-state index >= 15 is 0 Å². The van der Waals surface area contributed by atoms with E-state index in [0.717, 1.165) is 22.4 Å². The van der Waals surface area contributed by atoms with Crippen LogP contribution in [0.25, 0.3) is 0 Å². The summed E-state index contributed by atoms with van der Waals surface area (Å²) in [5.74, 6) is 1.61. The molecule has 22 nitrogen and oxygen atoms in total. The molecule has 4 aromatic rings. The Balaban J connectivity index is -0.000000153. The summed E-state index contributed by atoms with van der Waals surface area (Å²) in [6.07, 6.45) is 0. The first kappa shape index (κ1) is 68.7. The van der Waals surface area contributed by atoms with Gasteiger partial charge in [0.25, 0.3) is 17.8 Å². The van der Waals surface area contributed by atoms with E-state index in [4.69, 9.17) is 54.8 Å². The predicted molar refractivity (Wildman–Crippen MR) is 234 cm³/mol. The smallest absolute Gasteiger partial charge is 0.635 e. The molecule has 4 rings (SSSR count). The van der Waals surface area contributed by atoms with Gasteiger partial charge in [0.1, 0.15) is 16.8 Å². The van der Waals surface area contributed by atoms with Gasteiger partial charge in [-0.25, -0.2) is 0 Å². The number of phenols is 2. The molecule has 0 unspecified atom stereocenters. The van der Waals surface area contributed by atoms with Crippen LogP contribution in [-0.2, 0) is 20.2 Å². The van der Waals surface area contributed by atoms with Crippen LogP contribution in [0.1, 0.15) is 109 Å². The maximum atomic E-state index is 10.4. The summed E-state index contributed by atoms with van der Waals surface area (Å²) in [5, 5.41) is 56.1. The zero-order valence-corrected chi connectivity index (χ0v) is 39.3. The van der Waals surface area contributed by atoms with Crippen molar-refractivity contribution in [3.63, 3.8) is 0 Å². The van der Waals surface area contributed by atoms with Gasteiger partial charge in [-0.3, -0.25) is 34.1 Å². The van der Waals surface area contributed by atoms with Gasteiger partial charge < -0.3 is 48.9 Å². The van der Waals surface area contributed by atoms with E-state index in [1.54, 1.807) is 24.3 Å². The van der Waals surface area contributed by atoms with Crippen molar-refractivity contribution in [3.8, 4) is 11.5 Å². The molecular formula is C38H60KN7O15S. The first-order valence-electron chi connectivity index (χ1n) is 17.0. The second-order valence-electron chi connectivity index (χ2n) is 12.8. The summed E-state index contributed by atoms with van der Waals surface area (Å²) in [4.78, 5) is 38.9. The number of benzene rings is 4. The molecular weight excluding hydrogens is 866 g/mol. The Labute approximate surface area is 404 Å². The molecule has 14 N–H and O–H groups in total. The number of nitro groups is 2. The SMILES string of the molecule is C.CC(C)c1ccc(N)cc1O.CC(C)c1ccc([N+](=O)[O-])cc1N.CC(C)c1ccc([N+](=O)[O-])cc1O.CC(C)c1ccccc1N.N.O=CO.O=NO[O-].O=S(=O)(O)O.[K+]. The fourth-order valence-corrected chi connectivity index (χ4v) is 4.42. The van der Waals surface area contributed by atoms with Crippen LogP contribution in [0.15, 0.2) is 84.2 Å². The largest absolute Gasteiger partial charge is 1.00 e. The Morgan fingerprint density at radius 1 is 0.661 bits per heavy atom. The van der Waals surface area contributed by atoms with Gasteiger partial charge >= 0.3 is 61.8 Å². The van der Waals surface area contributed by atoms with Gasteiger partial charge in [-0.15, -0.1) is 4.91 Å². The number of nitrogens with zero attached hydrogens (tertiary/aromatic N) is 3. The molecule has 0 bridgehead atoms. The second kappa shape index (κ2) is 36.6. The zero-order chi connectivity index (χ0) is 46.6. The number of hydrogen-bond donors (Lipinski definition) is 9. The molecule has 4 aromatic carbocycles. The van der Waals surface area contributed by atoms with Crippen LogP contribution in [0.4, 0.5) is 28.4 Å². The molecule has 0 fully saturated rings. The topological polar surface area (TPSA) is 413 Å². The number of carboxylic acid groups (broad SMARTS) is 1. The Morgan fingerprint density at radius 3 is 1.24 bits per heavy atom. The fourth-order valence-electron chi connectivity index (χ4n) is 4.42. The van der Waals surface area contributed by atoms with E-state index in [9.17, 15) is 30.4 Å². The standard InChI is InChI=1S/C9H12N2O2.C9H11NO3.C9H13NO.C9H13N.CH2O2.CH4.K.HNO3.H3N.H2O4S/c1-6(2)8-4-3-7(11(12)13)5-9(8)10;1-6(2)8-4-3-7(10(12)13)5-9(8)11;1-6(2)8-4-3-7(10)5-9(8)11;1-7(2)8-5-3-4-6-9(8)10;2-1-3;;;2-1-4-3;;1-5(2,3)4/h3-6H,10H2,1-2H3;3-6,11H,1-2H3;3-6,11H,10H2,1-2H3;3-7H,10H2,1-2H3;1H,(H,2,3);1H4;;3H;1H3;(H2,1,2,3,4)/q;;;;;;+1;;;/p-1. The number of para-hydroxylation sites is 1. The summed E-state index contributed by atoms with van der Waals surface area (Å²) in [6.45, 7) is 15.9. The van der Waals surface area contributed by atoms with Crippen LogP contribution in [0.3, 0.4) is 0 Å². The van der Waals surface area contributed by atoms with Crippen molar-refractivity contribution in [1.29, 1.82) is 0 Å². The van der Waals surface area contributed by atoms with Crippen molar-refractivity contribution >= 4 is 45.3 Å². The first-order valence-corrected chi connectivity index (χ1v) is 18.4. The van der Waals surface area contributed by atoms with E-state index in [1.807, 2.05) is 65.8 Å². The molecule has 0 aliphatic heterocycles. The Bertz CT molecular complexity index is 1930. The van der Waals surface area contributed by atoms with Gasteiger partial charge in [-0.2, -0.15) is 8.42 Å². The van der Waals surface area contributed by atoms with Crippen molar-refractivity contribution < 1.29 is 109 Å². The summed E-state index contributed by atoms with van der Waals surface area (Å²) in [7, 11) is -4.67. The van der Waals surface area contributed by atoms with E-state index in [-0.39, 0.29) is 94.5 Å². The molecule has 0 amide bonds. The van der Waals surface area contributed by atoms with Crippen molar-refractivity contribution in [1.82, 2.24) is 6.15 Å². The third-order valence-corrected chi connectivity index (χ3v) is 7.07. The van der Waals surface area contributed by atoms with Crippen molar-refractivity contribution in [3.05, 3.63) is 126 Å². The average Bonchev–Trinajstić information content (AvgIpc) is 3.11. The number of carbonyl (C=O) groups is 1. The molecule has 0 spiro atoms. The van der Waals surface area contributed by atoms with Crippen LogP contribution < -0.4 is 80.0 Å². The number of hydrogen-bond acceptors (Lipinski definition) is 17. The number of non-ortho nitro benzene ring substituents is 2. The number of aromatic hydroxyl groups is 2. The Kier molecular flexibility index (Phi) is 40.6. The number of rotatable bonds is 7. The third kappa shape index (κ3) is 32.7. The average molecular weight is 926 g/mol. The molecule has 0 atom stereocenters. The van der Waals surface area contributed by atoms with Crippen molar-refractivity contribution in [2.24, 2.45) is 5.34 Å². The van der Waals surface area contributed by atoms with E-state index < -0.39 is 20.2 Å². The van der Waals surface area contributed by atoms with Gasteiger partial charge in [-0.05, 0) is 70.2 Å². The van der Waals surface area contributed by atoms with Crippen LogP contribution >= 0.6 is 0 Å². The zero-order valence-electron chi connectivity index (χ0n) is 35.4. The molecule has 0 heterocycles. The Morgan fingerprint density at radius 2 is 0.968 bits per heavy atom. The van der Waals surface area contributed by atoms with Gasteiger partial charge in [0.2, 0.25) is 0 Å². The first-order chi connectivity index (χ1) is 27.2. The number of nitrogens with two attached hydrogens (primary N) is 3. The Hall–Kier alpha value is -5.02. The van der Waals surface area contributed by atoms with E-state index in [1.165, 1.54) is 35.2 Å². The number of nitro benzene ring substituents is 2. The molecule has 0 radical (unpaired) electrons. The van der Waals surface area contributed by atoms with Crippen LogP contribution in [-0.4, -0.2) is 49.2 Å². The summed E-state index contributed by atoms with van der Waals surface area (Å²) >= 11 is 0. The molecule has 0 saturated carbocycles. The third-order valence-electron chi connectivity index (χ3n) is 7.07. The fraction of sp³-hybridized carbons (Fsp3) is 0.342. The quantitative estimate of drug-likeness (QED) is 0.0172. The minimum absolute atomic E-state index is 0. The van der Waals surface area contributed by atoms with Crippen LogP contribution in [0, 0.1) is 25.1 Å². The summed E-state index contributed by atoms with van der Waals surface area (Å²) in [6, 6.07) is 22.0. The molecule has 62 heavy (non-hydrogen) atoms. The van der Waals surface area contributed by atoms with E-state index in [2.05, 4.69) is 24.9 Å². The van der Waals surface area contributed by atoms with Gasteiger partial charge in [-0.1, -0.05) is 87.1 Å². The minimum atomic E-state index is -4.67. The monoisotopic (exact) mass is 925 g/mol. The van der Waals surface area contributed by atoms with Gasteiger partial charge in [0.05, 0.1) is 15.9 Å². The molecule has 0 aliphatic carbocycles. The summed E-state index contributed by atoms with van der Waals surface area (Å²) in [5.41, 5.74) is 22.7. The van der Waals surface area contributed by atoms with Crippen molar-refractivity contribution in [2.45, 2.75) is 86.5 Å². The summed E-state index contributed by atoms with van der Waals surface area (Å²) < 4.78 is 31.6. The molecule has 24 heteroatoms. The molecule has 0 saturated heterocycles. The predicted octanol–water partition coefficient (Wildman–Crippen LogP) is 5.02. The molecule has 344 valence electrons. The van der Waals surface area contributed by atoms with Crippen LogP contribution in [0.5, 0.6) is 11.5 Å².